The SMILES string of the molecule is CC(C)(CCC(CCO)C(F)(F)F)OCCC(Cl)(Cl)Cl. The van der Waals surface area contributed by atoms with Gasteiger partial charge in [0.25, 0.3) is 0 Å². The number of rotatable bonds is 8. The summed E-state index contributed by atoms with van der Waals surface area (Å²) in [5, 5.41) is 8.69. The van der Waals surface area contributed by atoms with E-state index in [1.165, 1.54) is 0 Å². The minimum absolute atomic E-state index is 0.106. The van der Waals surface area contributed by atoms with Gasteiger partial charge in [0.15, 0.2) is 3.79 Å². The second-order valence-electron chi connectivity index (χ2n) is 5.26. The van der Waals surface area contributed by atoms with E-state index in [0.717, 1.165) is 0 Å². The zero-order valence-corrected chi connectivity index (χ0v) is 13.7. The van der Waals surface area contributed by atoms with E-state index >= 15 is 0 Å². The molecular weight excluding hydrogens is 339 g/mol. The summed E-state index contributed by atoms with van der Waals surface area (Å²) in [6.45, 7) is 3.05. The molecule has 0 amide bonds. The molecule has 0 heterocycles. The molecule has 0 fully saturated rings. The quantitative estimate of drug-likeness (QED) is 0.626. The van der Waals surface area contributed by atoms with Gasteiger partial charge in [-0.1, -0.05) is 34.8 Å². The Bertz CT molecular complexity index is 278. The fourth-order valence-electron chi connectivity index (χ4n) is 1.66. The third kappa shape index (κ3) is 10.3. The van der Waals surface area contributed by atoms with Gasteiger partial charge in [-0.25, -0.2) is 0 Å². The zero-order valence-electron chi connectivity index (χ0n) is 11.4. The largest absolute Gasteiger partial charge is 0.396 e. The Morgan fingerprint density at radius 1 is 1.05 bits per heavy atom. The summed E-state index contributed by atoms with van der Waals surface area (Å²) in [6.07, 6.45) is -4.34. The summed E-state index contributed by atoms with van der Waals surface area (Å²) < 4.78 is 42.1. The molecule has 122 valence electrons. The molecule has 20 heavy (non-hydrogen) atoms. The van der Waals surface area contributed by atoms with Crippen molar-refractivity contribution in [1.82, 2.24) is 0 Å². The van der Waals surface area contributed by atoms with Crippen molar-refractivity contribution in [3.63, 3.8) is 0 Å². The van der Waals surface area contributed by atoms with E-state index in [4.69, 9.17) is 44.6 Å². The maximum Gasteiger partial charge on any atom is 0.391 e. The van der Waals surface area contributed by atoms with Crippen LogP contribution in [0.2, 0.25) is 0 Å². The molecule has 1 atom stereocenters. The number of hydrogen-bond acceptors (Lipinski definition) is 2. The van der Waals surface area contributed by atoms with Crippen molar-refractivity contribution >= 4 is 34.8 Å². The first-order valence-electron chi connectivity index (χ1n) is 6.26. The summed E-state index contributed by atoms with van der Waals surface area (Å²) in [5.41, 5.74) is -0.741. The first-order valence-corrected chi connectivity index (χ1v) is 7.39. The third-order valence-electron chi connectivity index (χ3n) is 2.91. The maximum atomic E-state index is 12.7. The normalized spacial score (nSPS) is 15.4. The predicted octanol–water partition coefficient (Wildman–Crippen LogP) is 4.88. The van der Waals surface area contributed by atoms with Crippen molar-refractivity contribution in [2.45, 2.75) is 55.1 Å². The molecule has 0 aromatic rings. The van der Waals surface area contributed by atoms with Gasteiger partial charge in [-0.2, -0.15) is 13.2 Å². The van der Waals surface area contributed by atoms with Crippen molar-refractivity contribution in [3.05, 3.63) is 0 Å². The number of ether oxygens (including phenoxy) is 1. The molecule has 0 spiro atoms. The van der Waals surface area contributed by atoms with Crippen LogP contribution in [-0.2, 0) is 4.74 Å². The van der Waals surface area contributed by atoms with E-state index in [2.05, 4.69) is 0 Å². The standard InChI is InChI=1S/C12H20Cl3F3O2/c1-10(2,20-8-6-11(13,14)15)5-3-9(4-7-19)12(16,17)18/h9,19H,3-8H2,1-2H3. The minimum Gasteiger partial charge on any atom is -0.396 e. The first kappa shape index (κ1) is 20.6. The fourth-order valence-corrected chi connectivity index (χ4v) is 1.90. The Morgan fingerprint density at radius 3 is 2.00 bits per heavy atom. The van der Waals surface area contributed by atoms with Gasteiger partial charge in [-0.15, -0.1) is 0 Å². The van der Waals surface area contributed by atoms with E-state index in [-0.39, 0.29) is 32.3 Å². The van der Waals surface area contributed by atoms with E-state index in [1.807, 2.05) is 0 Å². The van der Waals surface area contributed by atoms with Crippen molar-refractivity contribution < 1.29 is 23.0 Å². The summed E-state index contributed by atoms with van der Waals surface area (Å²) in [7, 11) is 0. The highest BCUT2D eigenvalue weighted by Gasteiger charge is 2.39. The van der Waals surface area contributed by atoms with Crippen LogP contribution in [0.3, 0.4) is 0 Å². The molecule has 8 heteroatoms. The summed E-state index contributed by atoms with van der Waals surface area (Å²) >= 11 is 16.7. The molecule has 0 aromatic heterocycles. The van der Waals surface area contributed by atoms with E-state index in [0.29, 0.717) is 0 Å². The second kappa shape index (κ2) is 8.28. The molecule has 0 saturated heterocycles. The van der Waals surface area contributed by atoms with Crippen LogP contribution >= 0.6 is 34.8 Å². The average Bonchev–Trinajstić information content (AvgIpc) is 2.20. The molecule has 0 rings (SSSR count). The number of aliphatic hydroxyl groups excluding tert-OH is 1. The summed E-state index contributed by atoms with van der Waals surface area (Å²) in [4.78, 5) is 0. The van der Waals surface area contributed by atoms with Gasteiger partial charge in [0, 0.05) is 13.0 Å². The Labute approximate surface area is 132 Å². The Kier molecular flexibility index (Phi) is 8.52. The monoisotopic (exact) mass is 358 g/mol. The van der Waals surface area contributed by atoms with Crippen molar-refractivity contribution in [3.8, 4) is 0 Å². The highest BCUT2D eigenvalue weighted by molar-refractivity contribution is 6.67. The van der Waals surface area contributed by atoms with E-state index < -0.39 is 28.1 Å². The first-order chi connectivity index (χ1) is 8.87. The molecule has 0 aliphatic heterocycles. The maximum absolute atomic E-state index is 12.7. The van der Waals surface area contributed by atoms with Crippen molar-refractivity contribution in [2.24, 2.45) is 5.92 Å². The Balaban J connectivity index is 4.24. The molecule has 0 aromatic carbocycles. The van der Waals surface area contributed by atoms with Crippen LogP contribution < -0.4 is 0 Å². The van der Waals surface area contributed by atoms with Crippen LogP contribution in [0.15, 0.2) is 0 Å². The lowest BCUT2D eigenvalue weighted by atomic mass is 9.92. The molecular formula is C12H20Cl3F3O2. The average molecular weight is 360 g/mol. The topological polar surface area (TPSA) is 29.5 Å². The molecule has 1 unspecified atom stereocenters. The summed E-state index contributed by atoms with van der Waals surface area (Å²) in [6, 6.07) is 0. The van der Waals surface area contributed by atoms with E-state index in [9.17, 15) is 13.2 Å². The lowest BCUT2D eigenvalue weighted by Gasteiger charge is -2.29. The number of alkyl halides is 6. The Hall–Kier alpha value is 0.580. The molecule has 0 radical (unpaired) electrons. The number of aliphatic hydroxyl groups is 1. The molecule has 2 nitrogen and oxygen atoms in total. The highest BCUT2D eigenvalue weighted by Crippen LogP contribution is 2.35. The van der Waals surface area contributed by atoms with Crippen LogP contribution in [0.25, 0.3) is 0 Å². The molecule has 1 N–H and O–H groups in total. The zero-order chi connectivity index (χ0) is 16.0. The highest BCUT2D eigenvalue weighted by atomic mass is 35.6. The molecule has 0 saturated carbocycles. The minimum atomic E-state index is -4.31. The van der Waals surface area contributed by atoms with E-state index in [1.54, 1.807) is 13.8 Å². The Morgan fingerprint density at radius 2 is 1.60 bits per heavy atom. The van der Waals surface area contributed by atoms with Gasteiger partial charge in [0.05, 0.1) is 18.1 Å². The molecule has 0 aliphatic rings. The second-order valence-corrected chi connectivity index (χ2v) is 7.78. The molecule has 0 aliphatic carbocycles. The van der Waals surface area contributed by atoms with Gasteiger partial charge in [0.1, 0.15) is 0 Å². The lowest BCUT2D eigenvalue weighted by Crippen LogP contribution is -2.30. The van der Waals surface area contributed by atoms with Crippen LogP contribution in [0.4, 0.5) is 13.2 Å². The van der Waals surface area contributed by atoms with Gasteiger partial charge >= 0.3 is 6.18 Å². The third-order valence-corrected chi connectivity index (χ3v) is 3.48. The van der Waals surface area contributed by atoms with Crippen molar-refractivity contribution in [2.75, 3.05) is 13.2 Å². The fraction of sp³-hybridized carbons (Fsp3) is 1.00. The smallest absolute Gasteiger partial charge is 0.391 e. The van der Waals surface area contributed by atoms with Crippen LogP contribution in [0.5, 0.6) is 0 Å². The van der Waals surface area contributed by atoms with Crippen LogP contribution in [0, 0.1) is 5.92 Å². The lowest BCUT2D eigenvalue weighted by molar-refractivity contribution is -0.183. The predicted molar refractivity (Wildman–Crippen MR) is 75.4 cm³/mol. The number of halogens is 6. The van der Waals surface area contributed by atoms with Gasteiger partial charge in [-0.05, 0) is 33.1 Å². The molecule has 0 bridgehead atoms. The summed E-state index contributed by atoms with van der Waals surface area (Å²) in [5.74, 6) is -1.52. The van der Waals surface area contributed by atoms with Gasteiger partial charge in [-0.3, -0.25) is 0 Å². The van der Waals surface area contributed by atoms with Crippen molar-refractivity contribution in [1.29, 1.82) is 0 Å². The van der Waals surface area contributed by atoms with Crippen LogP contribution in [-0.4, -0.2) is 33.9 Å². The number of hydrogen-bond donors (Lipinski definition) is 1. The van der Waals surface area contributed by atoms with Gasteiger partial charge < -0.3 is 9.84 Å². The van der Waals surface area contributed by atoms with Gasteiger partial charge in [0.2, 0.25) is 0 Å². The van der Waals surface area contributed by atoms with Crippen LogP contribution in [0.1, 0.15) is 39.5 Å².